The molecule has 0 radical (unpaired) electrons. The Bertz CT molecular complexity index is 806. The van der Waals surface area contributed by atoms with Crippen LogP contribution in [0.2, 0.25) is 0 Å². The summed E-state index contributed by atoms with van der Waals surface area (Å²) in [5, 5.41) is 10.7. The number of benzene rings is 1. The molecule has 0 aliphatic rings. The number of esters is 1. The number of oxazole rings is 1. The Morgan fingerprint density at radius 1 is 1.36 bits per heavy atom. The van der Waals surface area contributed by atoms with Gasteiger partial charge in [0.05, 0.1) is 29.2 Å². The summed E-state index contributed by atoms with van der Waals surface area (Å²) in [6.45, 7) is 4.57. The van der Waals surface area contributed by atoms with Gasteiger partial charge in [0.25, 0.3) is 5.69 Å². The van der Waals surface area contributed by atoms with Gasteiger partial charge in [-0.1, -0.05) is 0 Å². The number of aromatic nitrogens is 1. The van der Waals surface area contributed by atoms with Gasteiger partial charge in [0.15, 0.2) is 5.58 Å². The van der Waals surface area contributed by atoms with Gasteiger partial charge in [0.2, 0.25) is 0 Å². The fourth-order valence-corrected chi connectivity index (χ4v) is 2.27. The predicted molar refractivity (Wildman–Crippen MR) is 88.4 cm³/mol. The molecule has 0 N–H and O–H groups in total. The summed E-state index contributed by atoms with van der Waals surface area (Å²) in [6, 6.07) is 3.97. The number of non-ortho nitro benzene ring substituents is 1. The van der Waals surface area contributed by atoms with Crippen LogP contribution in [0.15, 0.2) is 27.4 Å². The lowest BCUT2D eigenvalue weighted by Crippen LogP contribution is -2.16. The molecule has 136 valence electrons. The molecule has 1 aromatic carbocycles. The molecule has 0 amide bonds. The maximum Gasteiger partial charge on any atom is 0.419 e. The number of nitro groups is 1. The summed E-state index contributed by atoms with van der Waals surface area (Å²) in [5.74, 6) is -0.988. The standard InChI is InChI=1S/C16H20N2O7/c1-11(2)23-8-9-24-15(19)4-3-7-17-13-6-5-12(18(21)22)10-14(13)25-16(17)20/h5-6,10-11H,3-4,7-9H2,1-2H3. The van der Waals surface area contributed by atoms with Crippen molar-refractivity contribution in [3.05, 3.63) is 38.9 Å². The van der Waals surface area contributed by atoms with E-state index in [2.05, 4.69) is 0 Å². The first kappa shape index (κ1) is 18.7. The van der Waals surface area contributed by atoms with Crippen molar-refractivity contribution >= 4 is 22.8 Å². The van der Waals surface area contributed by atoms with Gasteiger partial charge >= 0.3 is 11.7 Å². The van der Waals surface area contributed by atoms with E-state index < -0.39 is 10.7 Å². The van der Waals surface area contributed by atoms with Crippen molar-refractivity contribution in [3.63, 3.8) is 0 Å². The molecule has 2 aromatic rings. The van der Waals surface area contributed by atoms with Crippen LogP contribution in [0.4, 0.5) is 5.69 Å². The monoisotopic (exact) mass is 352 g/mol. The van der Waals surface area contributed by atoms with Gasteiger partial charge < -0.3 is 13.9 Å². The third-order valence-corrected chi connectivity index (χ3v) is 3.42. The van der Waals surface area contributed by atoms with Crippen molar-refractivity contribution in [2.45, 2.75) is 39.3 Å². The highest BCUT2D eigenvalue weighted by Crippen LogP contribution is 2.20. The van der Waals surface area contributed by atoms with Crippen molar-refractivity contribution < 1.29 is 23.6 Å². The Balaban J connectivity index is 1.88. The van der Waals surface area contributed by atoms with Gasteiger partial charge in [0, 0.05) is 19.0 Å². The summed E-state index contributed by atoms with van der Waals surface area (Å²) in [6.07, 6.45) is 0.610. The quantitative estimate of drug-likeness (QED) is 0.294. The van der Waals surface area contributed by atoms with Crippen LogP contribution in [-0.4, -0.2) is 34.8 Å². The van der Waals surface area contributed by atoms with Gasteiger partial charge in [-0.25, -0.2) is 4.79 Å². The highest BCUT2D eigenvalue weighted by atomic mass is 16.6. The summed E-state index contributed by atoms with van der Waals surface area (Å²) < 4.78 is 16.6. The SMILES string of the molecule is CC(C)OCCOC(=O)CCCn1c(=O)oc2cc([N+](=O)[O-])ccc21. The van der Waals surface area contributed by atoms with Gasteiger partial charge in [-0.05, 0) is 26.3 Å². The number of fused-ring (bicyclic) bond motifs is 1. The first-order chi connectivity index (χ1) is 11.9. The lowest BCUT2D eigenvalue weighted by atomic mass is 10.2. The molecule has 0 aliphatic carbocycles. The Morgan fingerprint density at radius 3 is 2.80 bits per heavy atom. The van der Waals surface area contributed by atoms with Gasteiger partial charge in [0.1, 0.15) is 6.61 Å². The van der Waals surface area contributed by atoms with E-state index in [1.54, 1.807) is 0 Å². The summed E-state index contributed by atoms with van der Waals surface area (Å²) in [7, 11) is 0. The molecule has 0 aliphatic heterocycles. The average Bonchev–Trinajstić information content (AvgIpc) is 2.86. The summed E-state index contributed by atoms with van der Waals surface area (Å²) in [5.41, 5.74) is 0.447. The van der Waals surface area contributed by atoms with Gasteiger partial charge in [-0.15, -0.1) is 0 Å². The molecule has 0 spiro atoms. The van der Waals surface area contributed by atoms with E-state index in [1.165, 1.54) is 22.8 Å². The first-order valence-corrected chi connectivity index (χ1v) is 7.93. The fraction of sp³-hybridized carbons (Fsp3) is 0.500. The normalized spacial score (nSPS) is 11.2. The van der Waals surface area contributed by atoms with E-state index >= 15 is 0 Å². The zero-order valence-corrected chi connectivity index (χ0v) is 14.1. The average molecular weight is 352 g/mol. The molecule has 0 bridgehead atoms. The first-order valence-electron chi connectivity index (χ1n) is 7.93. The second-order valence-corrected chi connectivity index (χ2v) is 5.67. The lowest BCUT2D eigenvalue weighted by molar-refractivity contribution is -0.384. The Morgan fingerprint density at radius 2 is 2.12 bits per heavy atom. The van der Waals surface area contributed by atoms with Crippen LogP contribution in [0.1, 0.15) is 26.7 Å². The molecule has 9 nitrogen and oxygen atoms in total. The van der Waals surface area contributed by atoms with E-state index in [0.717, 1.165) is 0 Å². The largest absolute Gasteiger partial charge is 0.463 e. The van der Waals surface area contributed by atoms with Gasteiger partial charge in [-0.3, -0.25) is 19.5 Å². The van der Waals surface area contributed by atoms with Crippen LogP contribution in [-0.2, 0) is 20.8 Å². The second-order valence-electron chi connectivity index (χ2n) is 5.67. The number of rotatable bonds is 9. The third kappa shape index (κ3) is 5.15. The highest BCUT2D eigenvalue weighted by molar-refractivity contribution is 5.75. The number of nitro benzene ring substituents is 1. The molecule has 2 rings (SSSR count). The smallest absolute Gasteiger partial charge is 0.419 e. The number of hydrogen-bond donors (Lipinski definition) is 0. The molecule has 0 saturated carbocycles. The number of carbonyl (C=O) groups is 1. The van der Waals surface area contributed by atoms with Crippen LogP contribution in [0.5, 0.6) is 0 Å². The lowest BCUT2D eigenvalue weighted by Gasteiger charge is -2.08. The van der Waals surface area contributed by atoms with E-state index in [4.69, 9.17) is 13.9 Å². The Kier molecular flexibility index (Phi) is 6.29. The highest BCUT2D eigenvalue weighted by Gasteiger charge is 2.14. The Labute approximate surface area is 143 Å². The molecule has 9 heteroatoms. The third-order valence-electron chi connectivity index (χ3n) is 3.42. The van der Waals surface area contributed by atoms with Crippen molar-refractivity contribution in [3.8, 4) is 0 Å². The minimum atomic E-state index is -0.616. The number of carbonyl (C=O) groups excluding carboxylic acids is 1. The predicted octanol–water partition coefficient (Wildman–Crippen LogP) is 2.25. The van der Waals surface area contributed by atoms with Crippen molar-refractivity contribution in [1.82, 2.24) is 4.57 Å². The Hall–Kier alpha value is -2.68. The molecule has 0 fully saturated rings. The molecule has 0 atom stereocenters. The number of nitrogens with zero attached hydrogens (tertiary/aromatic N) is 2. The van der Waals surface area contributed by atoms with Crippen molar-refractivity contribution in [2.75, 3.05) is 13.2 Å². The maximum absolute atomic E-state index is 11.9. The second kappa shape index (κ2) is 8.43. The van der Waals surface area contributed by atoms with Crippen LogP contribution < -0.4 is 5.76 Å². The summed E-state index contributed by atoms with van der Waals surface area (Å²) >= 11 is 0. The molecule has 25 heavy (non-hydrogen) atoms. The molecule has 1 heterocycles. The topological polar surface area (TPSA) is 114 Å². The fourth-order valence-electron chi connectivity index (χ4n) is 2.27. The number of aryl methyl sites for hydroxylation is 1. The zero-order valence-electron chi connectivity index (χ0n) is 14.1. The van der Waals surface area contributed by atoms with E-state index in [1.807, 2.05) is 13.8 Å². The zero-order chi connectivity index (χ0) is 18.4. The molecule has 1 aromatic heterocycles. The van der Waals surface area contributed by atoms with E-state index in [9.17, 15) is 19.7 Å². The van der Waals surface area contributed by atoms with Crippen LogP contribution >= 0.6 is 0 Å². The van der Waals surface area contributed by atoms with E-state index in [0.29, 0.717) is 18.5 Å². The van der Waals surface area contributed by atoms with Gasteiger partial charge in [-0.2, -0.15) is 0 Å². The number of hydrogen-bond acceptors (Lipinski definition) is 7. The minimum Gasteiger partial charge on any atom is -0.463 e. The molecular formula is C16H20N2O7. The number of ether oxygens (including phenoxy) is 2. The van der Waals surface area contributed by atoms with E-state index in [-0.39, 0.29) is 42.9 Å². The van der Waals surface area contributed by atoms with Crippen LogP contribution in [0, 0.1) is 10.1 Å². The minimum absolute atomic E-state index is 0.0794. The molecular weight excluding hydrogens is 332 g/mol. The van der Waals surface area contributed by atoms with Crippen molar-refractivity contribution in [1.29, 1.82) is 0 Å². The van der Waals surface area contributed by atoms with Crippen molar-refractivity contribution in [2.24, 2.45) is 0 Å². The maximum atomic E-state index is 11.9. The molecule has 0 unspecified atom stereocenters. The van der Waals surface area contributed by atoms with Crippen LogP contribution in [0.3, 0.4) is 0 Å². The summed E-state index contributed by atoms with van der Waals surface area (Å²) in [4.78, 5) is 33.7. The molecule has 0 saturated heterocycles. The van der Waals surface area contributed by atoms with Crippen LogP contribution in [0.25, 0.3) is 11.1 Å².